The summed E-state index contributed by atoms with van der Waals surface area (Å²) in [6.45, 7) is 4.93. The Bertz CT molecular complexity index is 1370. The predicted molar refractivity (Wildman–Crippen MR) is 361 cm³/mol. The summed E-state index contributed by atoms with van der Waals surface area (Å²) in [5, 5.41) is 23.3. The number of carbonyl (C=O) groups excluding carboxylic acids is 2. The first-order chi connectivity index (χ1) is 40.5. The molecule has 0 bridgehead atoms. The van der Waals surface area contributed by atoms with Crippen molar-refractivity contribution in [2.24, 2.45) is 0 Å². The predicted octanol–water partition coefficient (Wildman–Crippen LogP) is 24.0. The van der Waals surface area contributed by atoms with Gasteiger partial charge in [0.25, 0.3) is 0 Å². The number of carbonyl (C=O) groups is 2. The van der Waals surface area contributed by atoms with Crippen LogP contribution in [0, 0.1) is 0 Å². The van der Waals surface area contributed by atoms with Crippen molar-refractivity contribution in [3.63, 3.8) is 0 Å². The third-order valence-electron chi connectivity index (χ3n) is 17.1. The quantitative estimate of drug-likeness (QED) is 0.0320. The fourth-order valence-corrected chi connectivity index (χ4v) is 11.4. The molecule has 82 heavy (non-hydrogen) atoms. The van der Waals surface area contributed by atoms with Gasteiger partial charge in [0.15, 0.2) is 0 Å². The van der Waals surface area contributed by atoms with E-state index >= 15 is 0 Å². The van der Waals surface area contributed by atoms with Crippen molar-refractivity contribution in [1.29, 1.82) is 0 Å². The molecule has 0 heterocycles. The van der Waals surface area contributed by atoms with Crippen molar-refractivity contribution in [2.75, 3.05) is 13.2 Å². The van der Waals surface area contributed by atoms with Gasteiger partial charge in [-0.2, -0.15) is 0 Å². The fourth-order valence-electron chi connectivity index (χ4n) is 11.4. The molecule has 0 spiro atoms. The Labute approximate surface area is 512 Å². The van der Waals surface area contributed by atoms with Crippen LogP contribution in [0.3, 0.4) is 0 Å². The summed E-state index contributed by atoms with van der Waals surface area (Å²) < 4.78 is 5.50. The van der Waals surface area contributed by atoms with Crippen molar-refractivity contribution < 1.29 is 24.5 Å². The molecular formula is C76H143NO5. The molecule has 0 saturated carbocycles. The highest BCUT2D eigenvalue weighted by Crippen LogP contribution is 2.18. The lowest BCUT2D eigenvalue weighted by Crippen LogP contribution is -2.45. The Morgan fingerprint density at radius 1 is 0.341 bits per heavy atom. The van der Waals surface area contributed by atoms with Gasteiger partial charge in [0.1, 0.15) is 0 Å². The second kappa shape index (κ2) is 71.3. The van der Waals surface area contributed by atoms with Gasteiger partial charge in [0.05, 0.1) is 25.4 Å². The van der Waals surface area contributed by atoms with E-state index in [1.165, 1.54) is 321 Å². The maximum absolute atomic E-state index is 12.5. The van der Waals surface area contributed by atoms with E-state index in [4.69, 9.17) is 4.74 Å². The zero-order valence-electron chi connectivity index (χ0n) is 55.2. The summed E-state index contributed by atoms with van der Waals surface area (Å²) in [4.78, 5) is 24.6. The number of amides is 1. The molecule has 2 atom stereocenters. The Hall–Kier alpha value is -2.18. The Balaban J connectivity index is 3.44. The summed E-state index contributed by atoms with van der Waals surface area (Å²) in [5.74, 6) is -0.0624. The zero-order valence-corrected chi connectivity index (χ0v) is 55.2. The minimum atomic E-state index is -0.851. The van der Waals surface area contributed by atoms with Gasteiger partial charge in [-0.1, -0.05) is 345 Å². The molecule has 0 aliphatic heterocycles. The Kier molecular flexibility index (Phi) is 69.4. The van der Waals surface area contributed by atoms with E-state index in [0.29, 0.717) is 19.4 Å². The largest absolute Gasteiger partial charge is 0.466 e. The highest BCUT2D eigenvalue weighted by Gasteiger charge is 2.18. The highest BCUT2D eigenvalue weighted by molar-refractivity contribution is 5.76. The molecule has 6 heteroatoms. The zero-order chi connectivity index (χ0) is 59.2. The van der Waals surface area contributed by atoms with Crippen LogP contribution in [0.5, 0.6) is 0 Å². The average Bonchev–Trinajstić information content (AvgIpc) is 3.48. The van der Waals surface area contributed by atoms with E-state index in [0.717, 1.165) is 51.4 Å². The molecule has 0 fully saturated rings. The summed E-state index contributed by atoms with van der Waals surface area (Å²) in [7, 11) is 0. The lowest BCUT2D eigenvalue weighted by molar-refractivity contribution is -0.143. The number of aliphatic hydroxyl groups excluding tert-OH is 2. The van der Waals surface area contributed by atoms with Gasteiger partial charge in [-0.3, -0.25) is 9.59 Å². The number of nitrogens with one attached hydrogen (secondary N) is 1. The summed E-state index contributed by atoms with van der Waals surface area (Å²) in [6, 6.07) is -0.635. The first-order valence-electron chi connectivity index (χ1n) is 36.9. The van der Waals surface area contributed by atoms with Crippen molar-refractivity contribution in [3.05, 3.63) is 48.6 Å². The van der Waals surface area contributed by atoms with Crippen LogP contribution >= 0.6 is 0 Å². The van der Waals surface area contributed by atoms with E-state index in [9.17, 15) is 19.8 Å². The minimum Gasteiger partial charge on any atom is -0.466 e. The minimum absolute atomic E-state index is 0.00856. The van der Waals surface area contributed by atoms with Crippen LogP contribution in [0.2, 0.25) is 0 Å². The number of esters is 1. The second-order valence-corrected chi connectivity index (χ2v) is 25.3. The van der Waals surface area contributed by atoms with Crippen molar-refractivity contribution in [3.8, 4) is 0 Å². The molecule has 0 rings (SSSR count). The molecule has 0 radical (unpaired) electrons. The monoisotopic (exact) mass is 1150 g/mol. The highest BCUT2D eigenvalue weighted by atomic mass is 16.5. The van der Waals surface area contributed by atoms with Crippen LogP contribution in [0.4, 0.5) is 0 Å². The smallest absolute Gasteiger partial charge is 0.305 e. The SMILES string of the molecule is CCCCCCCC/C=C\CCCCCCCCCCCC(=O)OCCCCCCCCCCC/C=C\C/C=C\CCCCCCCCCCCC(=O)NC(CO)C(O)/C=C/CCCCCCCCCCCCCCCCCCCCC. The Morgan fingerprint density at radius 3 is 0.939 bits per heavy atom. The number of unbranched alkanes of at least 4 members (excludes halogenated alkanes) is 52. The van der Waals surface area contributed by atoms with Crippen LogP contribution in [-0.2, 0) is 14.3 Å². The lowest BCUT2D eigenvalue weighted by atomic mass is 10.0. The summed E-state index contributed by atoms with van der Waals surface area (Å²) in [6.07, 6.45) is 93.4. The Morgan fingerprint density at radius 2 is 0.610 bits per heavy atom. The molecule has 3 N–H and O–H groups in total. The molecule has 0 saturated heterocycles. The number of ether oxygens (including phenoxy) is 1. The first kappa shape index (κ1) is 79.8. The molecule has 0 aliphatic carbocycles. The van der Waals surface area contributed by atoms with Crippen LogP contribution in [0.25, 0.3) is 0 Å². The van der Waals surface area contributed by atoms with E-state index < -0.39 is 12.1 Å². The van der Waals surface area contributed by atoms with Crippen LogP contribution in [0.1, 0.15) is 399 Å². The topological polar surface area (TPSA) is 95.9 Å². The van der Waals surface area contributed by atoms with Crippen LogP contribution in [0.15, 0.2) is 48.6 Å². The fraction of sp³-hybridized carbons (Fsp3) is 0.868. The second-order valence-electron chi connectivity index (χ2n) is 25.3. The van der Waals surface area contributed by atoms with Gasteiger partial charge in [-0.05, 0) is 89.9 Å². The van der Waals surface area contributed by atoms with Crippen molar-refractivity contribution >= 4 is 11.9 Å². The number of aliphatic hydroxyl groups is 2. The summed E-state index contributed by atoms with van der Waals surface area (Å²) >= 11 is 0. The molecule has 0 aromatic carbocycles. The van der Waals surface area contributed by atoms with Gasteiger partial charge in [0, 0.05) is 12.8 Å². The van der Waals surface area contributed by atoms with E-state index in [1.54, 1.807) is 6.08 Å². The standard InChI is InChI=1S/C76H143NO5/c1-3-5-7-9-11-13-15-17-19-21-23-29-33-36-40-44-48-52-56-60-64-68-74(79)73(72-78)77-75(80)69-65-61-57-53-49-45-41-37-34-30-27-25-24-26-28-31-35-39-43-47-51-55-59-63-67-71-82-76(81)70-66-62-58-54-50-46-42-38-32-22-20-18-16-14-12-10-8-6-4-2/h18,20,25-28,64,68,73-74,78-79H,3-17,19,21-24,29-63,65-67,69-72H2,1-2H3,(H,77,80)/b20-18-,27-25-,28-26-,68-64+. The molecule has 2 unspecified atom stereocenters. The normalized spacial score (nSPS) is 12.8. The van der Waals surface area contributed by atoms with Gasteiger partial charge < -0.3 is 20.3 Å². The third-order valence-corrected chi connectivity index (χ3v) is 17.1. The van der Waals surface area contributed by atoms with Crippen LogP contribution in [-0.4, -0.2) is 47.4 Å². The van der Waals surface area contributed by atoms with E-state index in [1.807, 2.05) is 6.08 Å². The number of rotatable bonds is 69. The number of allylic oxidation sites excluding steroid dienone is 7. The maximum Gasteiger partial charge on any atom is 0.305 e. The third kappa shape index (κ3) is 67.0. The van der Waals surface area contributed by atoms with Crippen LogP contribution < -0.4 is 5.32 Å². The molecule has 0 aliphatic rings. The molecule has 6 nitrogen and oxygen atoms in total. The molecular weight excluding hydrogens is 1010 g/mol. The van der Waals surface area contributed by atoms with Crippen molar-refractivity contribution in [1.82, 2.24) is 5.32 Å². The van der Waals surface area contributed by atoms with Crippen molar-refractivity contribution in [2.45, 2.75) is 411 Å². The van der Waals surface area contributed by atoms with Gasteiger partial charge >= 0.3 is 5.97 Å². The molecule has 482 valence electrons. The average molecular weight is 1150 g/mol. The molecule has 1 amide bonds. The van der Waals surface area contributed by atoms with E-state index in [-0.39, 0.29) is 18.5 Å². The summed E-state index contributed by atoms with van der Waals surface area (Å²) in [5.41, 5.74) is 0. The van der Waals surface area contributed by atoms with Gasteiger partial charge in [-0.25, -0.2) is 0 Å². The number of hydrogen-bond acceptors (Lipinski definition) is 5. The number of hydrogen-bond donors (Lipinski definition) is 3. The molecule has 0 aromatic rings. The molecule has 0 aromatic heterocycles. The van der Waals surface area contributed by atoms with Gasteiger partial charge in [0.2, 0.25) is 5.91 Å². The lowest BCUT2D eigenvalue weighted by Gasteiger charge is -2.20. The maximum atomic E-state index is 12.5. The van der Waals surface area contributed by atoms with E-state index in [2.05, 4.69) is 55.6 Å². The first-order valence-corrected chi connectivity index (χ1v) is 36.9. The van der Waals surface area contributed by atoms with Gasteiger partial charge in [-0.15, -0.1) is 0 Å².